The lowest BCUT2D eigenvalue weighted by molar-refractivity contribution is -0.142. The Hall–Kier alpha value is -3.98. The third-order valence-electron chi connectivity index (χ3n) is 6.17. The maximum Gasteiger partial charge on any atom is 0.251 e. The number of amides is 2. The van der Waals surface area contributed by atoms with Crippen LogP contribution in [0.5, 0.6) is 5.75 Å². The number of Topliss-reactive ketones (excluding diaryl/α,β-unsaturated/α-hetero) is 1. The van der Waals surface area contributed by atoms with E-state index in [0.29, 0.717) is 11.1 Å². The second kappa shape index (κ2) is 9.48. The van der Waals surface area contributed by atoms with E-state index in [2.05, 4.69) is 10.3 Å². The van der Waals surface area contributed by atoms with Crippen LogP contribution in [0.4, 0.5) is 0 Å². The molecule has 2 aromatic carbocycles. The molecule has 9 heteroatoms. The fourth-order valence-corrected chi connectivity index (χ4v) is 3.90. The van der Waals surface area contributed by atoms with Crippen LogP contribution < -0.4 is 5.32 Å². The molecule has 0 aliphatic carbocycles. The highest BCUT2D eigenvalue weighted by molar-refractivity contribution is 6.00. The van der Waals surface area contributed by atoms with Crippen molar-refractivity contribution in [2.24, 2.45) is 0 Å². The highest BCUT2D eigenvalue weighted by Crippen LogP contribution is 2.23. The first-order valence-corrected chi connectivity index (χ1v) is 10.8. The molecular weight excluding hydrogens is 436 g/mol. The molecule has 2 N–H and O–H groups in total. The number of rotatable bonds is 7. The van der Waals surface area contributed by atoms with Crippen LogP contribution in [0.1, 0.15) is 22.8 Å². The van der Waals surface area contributed by atoms with Gasteiger partial charge < -0.3 is 24.6 Å². The third kappa shape index (κ3) is 4.69. The number of ether oxygens (including phenoxy) is 1. The molecular formula is C25H26N4O5. The summed E-state index contributed by atoms with van der Waals surface area (Å²) in [6, 6.07) is 12.4. The smallest absolute Gasteiger partial charge is 0.251 e. The number of phenols is 1. The molecule has 0 bridgehead atoms. The van der Waals surface area contributed by atoms with Gasteiger partial charge in [0.25, 0.3) is 5.91 Å². The minimum Gasteiger partial charge on any atom is -0.508 e. The summed E-state index contributed by atoms with van der Waals surface area (Å²) in [5.74, 6) is -0.984. The number of nitrogens with one attached hydrogen (secondary N) is 1. The first-order valence-electron chi connectivity index (χ1n) is 10.8. The number of ketones is 1. The molecule has 1 saturated heterocycles. The lowest BCUT2D eigenvalue weighted by Gasteiger charge is -2.35. The number of likely N-dealkylation sites (N-methyl/N-ethyl adjacent to an activating group) is 1. The average Bonchev–Trinajstić information content (AvgIpc) is 3.48. The summed E-state index contributed by atoms with van der Waals surface area (Å²) in [5, 5.41) is 12.6. The molecule has 1 aliphatic rings. The largest absolute Gasteiger partial charge is 0.508 e. The van der Waals surface area contributed by atoms with Gasteiger partial charge in [-0.05, 0) is 48.9 Å². The van der Waals surface area contributed by atoms with Crippen molar-refractivity contribution in [2.75, 3.05) is 20.3 Å². The van der Waals surface area contributed by atoms with Gasteiger partial charge in [-0.15, -0.1) is 0 Å². The Bertz CT molecular complexity index is 1190. The Labute approximate surface area is 197 Å². The summed E-state index contributed by atoms with van der Waals surface area (Å²) in [7, 11) is 1.54. The van der Waals surface area contributed by atoms with E-state index in [1.54, 1.807) is 62.0 Å². The Morgan fingerprint density at radius 1 is 1.26 bits per heavy atom. The summed E-state index contributed by atoms with van der Waals surface area (Å²) in [5.41, 5.74) is 0.785. The average molecular weight is 463 g/mol. The van der Waals surface area contributed by atoms with Crippen molar-refractivity contribution in [1.82, 2.24) is 19.8 Å². The Morgan fingerprint density at radius 2 is 2.03 bits per heavy atom. The minimum atomic E-state index is -1.11. The maximum absolute atomic E-state index is 13.5. The van der Waals surface area contributed by atoms with E-state index >= 15 is 0 Å². The zero-order chi connectivity index (χ0) is 24.3. The predicted molar refractivity (Wildman–Crippen MR) is 124 cm³/mol. The number of hydrogen-bond donors (Lipinski definition) is 2. The minimum absolute atomic E-state index is 0.0546. The Kier molecular flexibility index (Phi) is 6.47. The van der Waals surface area contributed by atoms with Gasteiger partial charge in [0.2, 0.25) is 5.91 Å². The molecule has 1 aliphatic heterocycles. The van der Waals surface area contributed by atoms with E-state index < -0.39 is 23.4 Å². The van der Waals surface area contributed by atoms with E-state index in [0.717, 1.165) is 5.69 Å². The van der Waals surface area contributed by atoms with Crippen LogP contribution in [0.3, 0.4) is 0 Å². The van der Waals surface area contributed by atoms with Gasteiger partial charge >= 0.3 is 0 Å². The highest BCUT2D eigenvalue weighted by atomic mass is 16.5. The fourth-order valence-electron chi connectivity index (χ4n) is 3.90. The number of phenolic OH excluding ortho intramolecular Hbond substituents is 1. The van der Waals surface area contributed by atoms with Crippen LogP contribution in [-0.2, 0) is 20.7 Å². The topological polar surface area (TPSA) is 114 Å². The molecule has 2 unspecified atom stereocenters. The molecule has 0 saturated carbocycles. The van der Waals surface area contributed by atoms with E-state index in [4.69, 9.17) is 4.74 Å². The molecule has 0 spiro atoms. The van der Waals surface area contributed by atoms with Crippen LogP contribution in [0.25, 0.3) is 5.69 Å². The van der Waals surface area contributed by atoms with Crippen LogP contribution in [0.2, 0.25) is 0 Å². The van der Waals surface area contributed by atoms with Crippen molar-refractivity contribution in [3.8, 4) is 11.4 Å². The van der Waals surface area contributed by atoms with Crippen molar-refractivity contribution < 1.29 is 24.2 Å². The normalized spacial score (nSPS) is 18.5. The number of carbonyl (C=O) groups is 3. The summed E-state index contributed by atoms with van der Waals surface area (Å²) < 4.78 is 7.09. The van der Waals surface area contributed by atoms with Gasteiger partial charge in [-0.1, -0.05) is 12.1 Å². The van der Waals surface area contributed by atoms with E-state index in [-0.39, 0.29) is 31.2 Å². The standard InChI is InChI=1S/C25H26N4O5/c1-25(15-34-14-22(25)31)28(2)24(33)21(13-17-4-3-5-20(30)12-17)27-23(32)18-6-8-19(9-7-18)29-11-10-26-16-29/h3-12,16,21,30H,13-15H2,1-2H3,(H,27,32). The number of carbonyl (C=O) groups excluding carboxylic acids is 3. The molecule has 3 aromatic rings. The zero-order valence-electron chi connectivity index (χ0n) is 19.0. The third-order valence-corrected chi connectivity index (χ3v) is 6.17. The molecule has 2 amide bonds. The second-order valence-corrected chi connectivity index (χ2v) is 8.50. The summed E-state index contributed by atoms with van der Waals surface area (Å²) >= 11 is 0. The van der Waals surface area contributed by atoms with Crippen molar-refractivity contribution in [1.29, 1.82) is 0 Å². The summed E-state index contributed by atoms with van der Waals surface area (Å²) in [6.07, 6.45) is 5.25. The number of aromatic hydroxyl groups is 1. The first kappa shape index (κ1) is 23.2. The van der Waals surface area contributed by atoms with Gasteiger partial charge in [-0.3, -0.25) is 14.4 Å². The van der Waals surface area contributed by atoms with Gasteiger partial charge in [-0.2, -0.15) is 0 Å². The number of nitrogens with zero attached hydrogens (tertiary/aromatic N) is 3. The lowest BCUT2D eigenvalue weighted by atomic mass is 9.95. The van der Waals surface area contributed by atoms with Gasteiger partial charge in [0, 0.05) is 37.1 Å². The zero-order valence-corrected chi connectivity index (χ0v) is 19.0. The van der Waals surface area contributed by atoms with E-state index in [1.165, 1.54) is 24.1 Å². The molecule has 1 fully saturated rings. The Balaban J connectivity index is 1.56. The van der Waals surface area contributed by atoms with Crippen LogP contribution in [0, 0.1) is 0 Å². The molecule has 9 nitrogen and oxygen atoms in total. The Morgan fingerprint density at radius 3 is 2.65 bits per heavy atom. The van der Waals surface area contributed by atoms with Gasteiger partial charge in [-0.25, -0.2) is 4.98 Å². The highest BCUT2D eigenvalue weighted by Gasteiger charge is 2.45. The first-order chi connectivity index (χ1) is 16.3. The summed E-state index contributed by atoms with van der Waals surface area (Å²) in [6.45, 7) is 1.69. The fraction of sp³-hybridized carbons (Fsp3) is 0.280. The van der Waals surface area contributed by atoms with E-state index in [1.807, 2.05) is 4.57 Å². The quantitative estimate of drug-likeness (QED) is 0.553. The van der Waals surface area contributed by atoms with Gasteiger partial charge in [0.05, 0.1) is 12.9 Å². The maximum atomic E-state index is 13.5. The van der Waals surface area contributed by atoms with Crippen molar-refractivity contribution in [2.45, 2.75) is 24.9 Å². The van der Waals surface area contributed by atoms with Crippen LogP contribution in [0.15, 0.2) is 67.3 Å². The number of imidazole rings is 1. The SMILES string of the molecule is CN(C(=O)C(Cc1cccc(O)c1)NC(=O)c1ccc(-n2ccnc2)cc1)C1(C)COCC1=O. The van der Waals surface area contributed by atoms with Crippen molar-refractivity contribution in [3.63, 3.8) is 0 Å². The molecule has 0 radical (unpaired) electrons. The monoisotopic (exact) mass is 462 g/mol. The predicted octanol–water partition coefficient (Wildman–Crippen LogP) is 1.74. The molecule has 34 heavy (non-hydrogen) atoms. The second-order valence-electron chi connectivity index (χ2n) is 8.50. The molecule has 176 valence electrons. The van der Waals surface area contributed by atoms with Gasteiger partial charge in [0.15, 0.2) is 5.78 Å². The molecule has 1 aromatic heterocycles. The number of benzene rings is 2. The van der Waals surface area contributed by atoms with Crippen LogP contribution in [-0.4, -0.2) is 69.0 Å². The van der Waals surface area contributed by atoms with Gasteiger partial charge in [0.1, 0.15) is 23.9 Å². The van der Waals surface area contributed by atoms with E-state index in [9.17, 15) is 19.5 Å². The number of hydrogen-bond acceptors (Lipinski definition) is 6. The molecule has 4 rings (SSSR count). The van der Waals surface area contributed by atoms with Crippen molar-refractivity contribution >= 4 is 17.6 Å². The molecule has 2 atom stereocenters. The molecule has 2 heterocycles. The van der Waals surface area contributed by atoms with Crippen LogP contribution >= 0.6 is 0 Å². The van der Waals surface area contributed by atoms with Crippen molar-refractivity contribution in [3.05, 3.63) is 78.4 Å². The lowest BCUT2D eigenvalue weighted by Crippen LogP contribution is -2.58. The summed E-state index contributed by atoms with van der Waals surface area (Å²) in [4.78, 5) is 44.3. The number of aromatic nitrogens is 2.